The van der Waals surface area contributed by atoms with Gasteiger partial charge in [-0.2, -0.15) is 0 Å². The van der Waals surface area contributed by atoms with E-state index < -0.39 is 34.5 Å². The van der Waals surface area contributed by atoms with Gasteiger partial charge in [-0.1, -0.05) is 26.8 Å². The van der Waals surface area contributed by atoms with Crippen LogP contribution in [0, 0.1) is 16.7 Å². The molecule has 1 fully saturated rings. The maximum absolute atomic E-state index is 12.4. The Kier molecular flexibility index (Phi) is 4.55. The van der Waals surface area contributed by atoms with Crippen molar-refractivity contribution in [1.82, 2.24) is 10.9 Å². The molecular formula is C17H21N2O5-. The summed E-state index contributed by atoms with van der Waals surface area (Å²) in [6, 6.07) is 5.71. The summed E-state index contributed by atoms with van der Waals surface area (Å²) >= 11 is 0. The van der Waals surface area contributed by atoms with Crippen LogP contribution in [0.5, 0.6) is 5.75 Å². The largest absolute Gasteiger partial charge is 0.550 e. The number of rotatable bonds is 3. The number of aliphatic carboxylic acids is 1. The smallest absolute Gasteiger partial charge is 0.269 e. The van der Waals surface area contributed by atoms with Gasteiger partial charge in [0.25, 0.3) is 5.91 Å². The Balaban J connectivity index is 2.03. The lowest BCUT2D eigenvalue weighted by atomic mass is 9.65. The second-order valence-electron chi connectivity index (χ2n) is 6.93. The van der Waals surface area contributed by atoms with E-state index in [9.17, 15) is 24.6 Å². The van der Waals surface area contributed by atoms with E-state index in [1.807, 2.05) is 0 Å². The summed E-state index contributed by atoms with van der Waals surface area (Å²) in [6.07, 6.45) is 0.728. The molecule has 2 rings (SSSR count). The number of phenols is 1. The van der Waals surface area contributed by atoms with Crippen molar-refractivity contribution in [2.45, 2.75) is 33.6 Å². The number of aromatic hydroxyl groups is 1. The fourth-order valence-electron chi connectivity index (χ4n) is 3.25. The summed E-state index contributed by atoms with van der Waals surface area (Å²) in [7, 11) is 0. The van der Waals surface area contributed by atoms with E-state index in [2.05, 4.69) is 10.9 Å². The van der Waals surface area contributed by atoms with Crippen LogP contribution in [-0.4, -0.2) is 22.9 Å². The summed E-state index contributed by atoms with van der Waals surface area (Å²) in [5.41, 5.74) is 2.90. The molecule has 1 aliphatic carbocycles. The van der Waals surface area contributed by atoms with Crippen LogP contribution in [0.25, 0.3) is 0 Å². The van der Waals surface area contributed by atoms with Crippen LogP contribution in [0.4, 0.5) is 0 Å². The summed E-state index contributed by atoms with van der Waals surface area (Å²) < 4.78 is 0. The summed E-state index contributed by atoms with van der Waals surface area (Å²) in [5.74, 6) is -2.82. The number of carboxylic acids is 1. The minimum Gasteiger partial charge on any atom is -0.550 e. The Morgan fingerprint density at radius 2 is 1.88 bits per heavy atom. The number of carboxylic acid groups (broad SMARTS) is 1. The fourth-order valence-corrected chi connectivity index (χ4v) is 3.25. The molecule has 0 radical (unpaired) electrons. The van der Waals surface area contributed by atoms with E-state index >= 15 is 0 Å². The molecule has 7 nitrogen and oxygen atoms in total. The van der Waals surface area contributed by atoms with E-state index in [4.69, 9.17) is 0 Å². The highest BCUT2D eigenvalue weighted by atomic mass is 16.4. The predicted molar refractivity (Wildman–Crippen MR) is 83.3 cm³/mol. The Morgan fingerprint density at radius 3 is 2.42 bits per heavy atom. The molecule has 130 valence electrons. The Hall–Kier alpha value is -2.57. The molecule has 1 aromatic rings. The minimum atomic E-state index is -1.17. The molecule has 1 aliphatic rings. The van der Waals surface area contributed by atoms with Gasteiger partial charge in [-0.3, -0.25) is 20.4 Å². The van der Waals surface area contributed by atoms with E-state index in [0.29, 0.717) is 12.8 Å². The number of hydrogen-bond acceptors (Lipinski definition) is 5. The first kappa shape index (κ1) is 17.8. The summed E-state index contributed by atoms with van der Waals surface area (Å²) in [5, 5.41) is 20.8. The van der Waals surface area contributed by atoms with Crippen molar-refractivity contribution >= 4 is 17.8 Å². The van der Waals surface area contributed by atoms with Crippen molar-refractivity contribution in [3.63, 3.8) is 0 Å². The van der Waals surface area contributed by atoms with Crippen LogP contribution < -0.4 is 16.0 Å². The lowest BCUT2D eigenvalue weighted by Crippen LogP contribution is -2.52. The van der Waals surface area contributed by atoms with Gasteiger partial charge in [0.1, 0.15) is 5.75 Å². The Labute approximate surface area is 140 Å². The topological polar surface area (TPSA) is 119 Å². The van der Waals surface area contributed by atoms with Gasteiger partial charge in [0.2, 0.25) is 5.91 Å². The van der Waals surface area contributed by atoms with Gasteiger partial charge in [0.15, 0.2) is 0 Å². The van der Waals surface area contributed by atoms with E-state index in [-0.39, 0.29) is 11.3 Å². The van der Waals surface area contributed by atoms with Gasteiger partial charge in [-0.25, -0.2) is 0 Å². The molecule has 24 heavy (non-hydrogen) atoms. The van der Waals surface area contributed by atoms with Gasteiger partial charge >= 0.3 is 0 Å². The third-order valence-electron chi connectivity index (χ3n) is 5.40. The molecule has 1 aromatic carbocycles. The van der Waals surface area contributed by atoms with E-state index in [0.717, 1.165) is 0 Å². The quantitative estimate of drug-likeness (QED) is 0.690. The van der Waals surface area contributed by atoms with Crippen molar-refractivity contribution in [1.29, 1.82) is 0 Å². The zero-order chi connectivity index (χ0) is 18.1. The SMILES string of the molecule is CC1(C)[C@H](C(=O)NNC(=O)c2cccc(O)c2)CC[C@@]1(C)C(=O)[O-]. The number of amides is 2. The van der Waals surface area contributed by atoms with Crippen molar-refractivity contribution in [2.24, 2.45) is 16.7 Å². The maximum Gasteiger partial charge on any atom is 0.269 e. The number of benzene rings is 1. The van der Waals surface area contributed by atoms with Gasteiger partial charge in [0, 0.05) is 22.9 Å². The molecule has 0 unspecified atom stereocenters. The molecule has 3 N–H and O–H groups in total. The molecule has 2 atom stereocenters. The molecule has 1 saturated carbocycles. The van der Waals surface area contributed by atoms with Crippen molar-refractivity contribution in [2.75, 3.05) is 0 Å². The predicted octanol–water partition coefficient (Wildman–Crippen LogP) is 0.346. The first-order chi connectivity index (χ1) is 11.1. The Morgan fingerprint density at radius 1 is 1.21 bits per heavy atom. The van der Waals surface area contributed by atoms with Gasteiger partial charge < -0.3 is 15.0 Å². The van der Waals surface area contributed by atoms with Crippen LogP contribution >= 0.6 is 0 Å². The van der Waals surface area contributed by atoms with Crippen LogP contribution in [0.3, 0.4) is 0 Å². The number of hydrazine groups is 1. The van der Waals surface area contributed by atoms with Crippen molar-refractivity contribution < 1.29 is 24.6 Å². The number of phenolic OH excluding ortho intramolecular Hbond substituents is 1. The first-order valence-corrected chi connectivity index (χ1v) is 7.70. The first-order valence-electron chi connectivity index (χ1n) is 7.70. The van der Waals surface area contributed by atoms with Crippen molar-refractivity contribution in [3.05, 3.63) is 29.8 Å². The molecule has 0 aliphatic heterocycles. The monoisotopic (exact) mass is 333 g/mol. The average molecular weight is 333 g/mol. The van der Waals surface area contributed by atoms with Gasteiger partial charge in [-0.15, -0.1) is 0 Å². The summed E-state index contributed by atoms with van der Waals surface area (Å²) in [4.78, 5) is 35.8. The maximum atomic E-state index is 12.4. The molecule has 0 saturated heterocycles. The normalized spacial score (nSPS) is 25.0. The van der Waals surface area contributed by atoms with Gasteiger partial charge in [0.05, 0.1) is 0 Å². The van der Waals surface area contributed by atoms with E-state index in [1.54, 1.807) is 20.8 Å². The lowest BCUT2D eigenvalue weighted by Gasteiger charge is -2.41. The zero-order valence-electron chi connectivity index (χ0n) is 13.9. The molecular weight excluding hydrogens is 312 g/mol. The van der Waals surface area contributed by atoms with Crippen LogP contribution in [0.15, 0.2) is 24.3 Å². The van der Waals surface area contributed by atoms with Crippen molar-refractivity contribution in [3.8, 4) is 5.75 Å². The standard InChI is InChI=1S/C17H22N2O5/c1-16(2)12(7-8-17(16,3)15(23)24)14(22)19-18-13(21)10-5-4-6-11(20)9-10/h4-6,9,12,20H,7-8H2,1-3H3,(H,18,21)(H,19,22)(H,23,24)/p-1/t12-,17-/m0/s1. The molecule has 0 bridgehead atoms. The highest BCUT2D eigenvalue weighted by molar-refractivity contribution is 5.96. The third kappa shape index (κ3) is 2.93. The van der Waals surface area contributed by atoms with Crippen LogP contribution in [0.1, 0.15) is 44.0 Å². The number of carbonyl (C=O) groups is 3. The highest BCUT2D eigenvalue weighted by Crippen LogP contribution is 2.55. The second kappa shape index (κ2) is 6.14. The molecule has 0 heterocycles. The van der Waals surface area contributed by atoms with Crippen LogP contribution in [-0.2, 0) is 9.59 Å². The fraction of sp³-hybridized carbons (Fsp3) is 0.471. The zero-order valence-corrected chi connectivity index (χ0v) is 13.9. The molecule has 7 heteroatoms. The number of carbonyl (C=O) groups excluding carboxylic acids is 3. The lowest BCUT2D eigenvalue weighted by molar-refractivity contribution is -0.323. The number of hydrogen-bond donors (Lipinski definition) is 3. The second-order valence-corrected chi connectivity index (χ2v) is 6.93. The van der Waals surface area contributed by atoms with Crippen LogP contribution in [0.2, 0.25) is 0 Å². The number of nitrogens with one attached hydrogen (secondary N) is 2. The minimum absolute atomic E-state index is 0.0596. The average Bonchev–Trinajstić information content (AvgIpc) is 2.76. The summed E-state index contributed by atoms with van der Waals surface area (Å²) in [6.45, 7) is 5.02. The highest BCUT2D eigenvalue weighted by Gasteiger charge is 2.54. The molecule has 0 spiro atoms. The van der Waals surface area contributed by atoms with Gasteiger partial charge in [-0.05, 0) is 36.5 Å². The third-order valence-corrected chi connectivity index (χ3v) is 5.40. The molecule has 2 amide bonds. The van der Waals surface area contributed by atoms with E-state index in [1.165, 1.54) is 24.3 Å². The Bertz CT molecular complexity index is 685. The molecule has 0 aromatic heterocycles.